The summed E-state index contributed by atoms with van der Waals surface area (Å²) < 4.78 is 0. The summed E-state index contributed by atoms with van der Waals surface area (Å²) in [6.45, 7) is 12.5. The molecule has 27 heavy (non-hydrogen) atoms. The van der Waals surface area contributed by atoms with Gasteiger partial charge in [-0.05, 0) is 44.0 Å². The first-order valence-corrected chi connectivity index (χ1v) is 9.89. The number of hydrogen-bond acceptors (Lipinski definition) is 4. The Labute approximate surface area is 162 Å². The highest BCUT2D eigenvalue weighted by atomic mass is 16.2. The average molecular weight is 367 g/mol. The number of anilines is 1. The summed E-state index contributed by atoms with van der Waals surface area (Å²) >= 11 is 0. The smallest absolute Gasteiger partial charge is 0.255 e. The fourth-order valence-electron chi connectivity index (χ4n) is 3.57. The van der Waals surface area contributed by atoms with Gasteiger partial charge in [-0.1, -0.05) is 24.3 Å². The van der Waals surface area contributed by atoms with E-state index in [9.17, 15) is 4.79 Å². The molecule has 1 aromatic carbocycles. The van der Waals surface area contributed by atoms with Crippen molar-refractivity contribution in [3.05, 3.63) is 59.3 Å². The maximum Gasteiger partial charge on any atom is 0.255 e. The van der Waals surface area contributed by atoms with Crippen molar-refractivity contribution in [3.8, 4) is 0 Å². The van der Waals surface area contributed by atoms with E-state index in [1.54, 1.807) is 6.20 Å². The van der Waals surface area contributed by atoms with Gasteiger partial charge in [-0.3, -0.25) is 9.69 Å². The van der Waals surface area contributed by atoms with Crippen LogP contribution in [0.25, 0.3) is 0 Å². The van der Waals surface area contributed by atoms with Gasteiger partial charge in [-0.15, -0.1) is 0 Å². The second-order valence-corrected chi connectivity index (χ2v) is 7.07. The van der Waals surface area contributed by atoms with E-state index in [-0.39, 0.29) is 5.91 Å². The highest BCUT2D eigenvalue weighted by molar-refractivity contribution is 5.94. The number of hydrogen-bond donors (Lipinski definition) is 0. The topological polar surface area (TPSA) is 39.7 Å². The van der Waals surface area contributed by atoms with Crippen molar-refractivity contribution in [1.29, 1.82) is 0 Å². The molecule has 5 nitrogen and oxygen atoms in total. The van der Waals surface area contributed by atoms with Gasteiger partial charge in [-0.25, -0.2) is 4.98 Å². The zero-order chi connectivity index (χ0) is 19.2. The molecule has 0 aliphatic carbocycles. The molecule has 0 saturated carbocycles. The third kappa shape index (κ3) is 4.66. The van der Waals surface area contributed by atoms with Crippen LogP contribution >= 0.6 is 0 Å². The van der Waals surface area contributed by atoms with Crippen LogP contribution in [0.4, 0.5) is 5.82 Å². The Hall–Kier alpha value is -2.40. The van der Waals surface area contributed by atoms with E-state index < -0.39 is 0 Å². The molecule has 0 radical (unpaired) electrons. The summed E-state index contributed by atoms with van der Waals surface area (Å²) in [7, 11) is 0. The van der Waals surface area contributed by atoms with Crippen molar-refractivity contribution in [2.45, 2.75) is 27.3 Å². The van der Waals surface area contributed by atoms with Gasteiger partial charge in [0, 0.05) is 52.0 Å². The monoisotopic (exact) mass is 366 g/mol. The van der Waals surface area contributed by atoms with Crippen molar-refractivity contribution in [3.63, 3.8) is 0 Å². The number of rotatable bonds is 6. The maximum atomic E-state index is 12.8. The molecule has 5 heteroatoms. The minimum absolute atomic E-state index is 0.0872. The van der Waals surface area contributed by atoms with Crippen LogP contribution in [0.15, 0.2) is 42.6 Å². The lowest BCUT2D eigenvalue weighted by molar-refractivity contribution is 0.0628. The van der Waals surface area contributed by atoms with Gasteiger partial charge in [0.25, 0.3) is 5.91 Å². The van der Waals surface area contributed by atoms with Gasteiger partial charge in [-0.2, -0.15) is 0 Å². The zero-order valence-electron chi connectivity index (χ0n) is 16.7. The Morgan fingerprint density at radius 3 is 2.33 bits per heavy atom. The maximum absolute atomic E-state index is 12.8. The molecule has 1 aliphatic heterocycles. The van der Waals surface area contributed by atoms with Crippen LogP contribution in [0, 0.1) is 6.92 Å². The fourth-order valence-corrected chi connectivity index (χ4v) is 3.57. The number of aryl methyl sites for hydroxylation is 1. The fraction of sp³-hybridized carbons (Fsp3) is 0.455. The van der Waals surface area contributed by atoms with Gasteiger partial charge in [0.2, 0.25) is 0 Å². The number of benzene rings is 1. The Balaban J connectivity index is 1.56. The third-order valence-electron chi connectivity index (χ3n) is 5.40. The molecule has 1 aliphatic rings. The Kier molecular flexibility index (Phi) is 6.45. The molecule has 2 aromatic rings. The van der Waals surface area contributed by atoms with Gasteiger partial charge in [0.1, 0.15) is 5.82 Å². The van der Waals surface area contributed by atoms with E-state index in [2.05, 4.69) is 59.8 Å². The van der Waals surface area contributed by atoms with Crippen molar-refractivity contribution >= 4 is 11.7 Å². The van der Waals surface area contributed by atoms with E-state index in [0.29, 0.717) is 5.56 Å². The van der Waals surface area contributed by atoms with E-state index in [1.165, 1.54) is 11.1 Å². The van der Waals surface area contributed by atoms with E-state index in [0.717, 1.165) is 51.6 Å². The Bertz CT molecular complexity index is 747. The summed E-state index contributed by atoms with van der Waals surface area (Å²) in [6.07, 6.45) is 1.72. The summed E-state index contributed by atoms with van der Waals surface area (Å²) in [5, 5.41) is 0. The molecule has 1 saturated heterocycles. The summed E-state index contributed by atoms with van der Waals surface area (Å²) in [6, 6.07) is 12.4. The summed E-state index contributed by atoms with van der Waals surface area (Å²) in [4.78, 5) is 23.8. The molecule has 0 atom stereocenters. The van der Waals surface area contributed by atoms with E-state index in [4.69, 9.17) is 0 Å². The highest BCUT2D eigenvalue weighted by Gasteiger charge is 2.22. The minimum Gasteiger partial charge on any atom is -0.357 e. The molecule has 1 fully saturated rings. The first-order chi connectivity index (χ1) is 13.1. The van der Waals surface area contributed by atoms with Crippen LogP contribution in [0.2, 0.25) is 0 Å². The molecule has 0 bridgehead atoms. The van der Waals surface area contributed by atoms with Gasteiger partial charge >= 0.3 is 0 Å². The second kappa shape index (κ2) is 9.00. The summed E-state index contributed by atoms with van der Waals surface area (Å²) in [5.41, 5.74) is 3.38. The van der Waals surface area contributed by atoms with Crippen molar-refractivity contribution in [2.24, 2.45) is 0 Å². The van der Waals surface area contributed by atoms with Crippen LogP contribution in [0.3, 0.4) is 0 Å². The summed E-state index contributed by atoms with van der Waals surface area (Å²) in [5.74, 6) is 1.02. The molecule has 1 aromatic heterocycles. The second-order valence-electron chi connectivity index (χ2n) is 7.07. The molecule has 0 spiro atoms. The molecular weight excluding hydrogens is 336 g/mol. The molecule has 3 rings (SSSR count). The number of amides is 1. The van der Waals surface area contributed by atoms with Crippen LogP contribution in [-0.4, -0.2) is 60.0 Å². The molecule has 144 valence electrons. The SMILES string of the molecule is CCN(CC)c1ccc(C(=O)N2CCN(Cc3ccccc3C)CC2)cn1. The number of carbonyl (C=O) groups excluding carboxylic acids is 1. The van der Waals surface area contributed by atoms with Crippen molar-refractivity contribution < 1.29 is 4.79 Å². The van der Waals surface area contributed by atoms with Crippen molar-refractivity contribution in [1.82, 2.24) is 14.8 Å². The van der Waals surface area contributed by atoms with Gasteiger partial charge < -0.3 is 9.80 Å². The number of nitrogens with zero attached hydrogens (tertiary/aromatic N) is 4. The van der Waals surface area contributed by atoms with Crippen LogP contribution < -0.4 is 4.90 Å². The predicted octanol–water partition coefficient (Wildman–Crippen LogP) is 3.19. The minimum atomic E-state index is 0.0872. The van der Waals surface area contributed by atoms with E-state index >= 15 is 0 Å². The third-order valence-corrected chi connectivity index (χ3v) is 5.40. The number of aromatic nitrogens is 1. The standard InChI is InChI=1S/C22H30N4O/c1-4-25(5-2)21-11-10-19(16-23-21)22(27)26-14-12-24(13-15-26)17-20-9-7-6-8-18(20)3/h6-11,16H,4-5,12-15,17H2,1-3H3. The molecule has 0 N–H and O–H groups in total. The molecule has 0 unspecified atom stereocenters. The largest absolute Gasteiger partial charge is 0.357 e. The van der Waals surface area contributed by atoms with Crippen LogP contribution in [0.5, 0.6) is 0 Å². The van der Waals surface area contributed by atoms with Crippen LogP contribution in [0.1, 0.15) is 35.3 Å². The Morgan fingerprint density at radius 2 is 1.74 bits per heavy atom. The average Bonchev–Trinajstić information content (AvgIpc) is 2.71. The molecular formula is C22H30N4O. The lowest BCUT2D eigenvalue weighted by atomic mass is 10.1. The van der Waals surface area contributed by atoms with Crippen molar-refractivity contribution in [2.75, 3.05) is 44.2 Å². The lowest BCUT2D eigenvalue weighted by Gasteiger charge is -2.35. The number of carbonyl (C=O) groups is 1. The first-order valence-electron chi connectivity index (χ1n) is 9.89. The van der Waals surface area contributed by atoms with Gasteiger partial charge in [0.15, 0.2) is 0 Å². The Morgan fingerprint density at radius 1 is 1.04 bits per heavy atom. The lowest BCUT2D eigenvalue weighted by Crippen LogP contribution is -2.48. The zero-order valence-corrected chi connectivity index (χ0v) is 16.7. The van der Waals surface area contributed by atoms with E-state index in [1.807, 2.05) is 17.0 Å². The predicted molar refractivity (Wildman–Crippen MR) is 110 cm³/mol. The molecule has 2 heterocycles. The van der Waals surface area contributed by atoms with Gasteiger partial charge in [0.05, 0.1) is 5.56 Å². The number of pyridine rings is 1. The normalized spacial score (nSPS) is 15.0. The highest BCUT2D eigenvalue weighted by Crippen LogP contribution is 2.15. The number of piperazine rings is 1. The van der Waals surface area contributed by atoms with Crippen LogP contribution in [-0.2, 0) is 6.54 Å². The molecule has 1 amide bonds. The quantitative estimate of drug-likeness (QED) is 0.787. The first kappa shape index (κ1) is 19.4.